The summed E-state index contributed by atoms with van der Waals surface area (Å²) in [7, 11) is -3.60. The lowest BCUT2D eigenvalue weighted by molar-refractivity contribution is -0.136. The Hall–Kier alpha value is -1.11. The van der Waals surface area contributed by atoms with Crippen LogP contribution in [-0.4, -0.2) is 31.4 Å². The molecular weight excluding hydrogens is 278 g/mol. The van der Waals surface area contributed by atoms with Gasteiger partial charge in [0.15, 0.2) is 0 Å². The van der Waals surface area contributed by atoms with Gasteiger partial charge in [0.05, 0.1) is 4.90 Å². The van der Waals surface area contributed by atoms with E-state index in [1.165, 1.54) is 12.1 Å². The summed E-state index contributed by atoms with van der Waals surface area (Å²) in [4.78, 5) is 10.6. The van der Waals surface area contributed by atoms with Crippen molar-refractivity contribution in [3.8, 4) is 0 Å². The third-order valence-electron chi connectivity index (χ3n) is 2.29. The van der Waals surface area contributed by atoms with Gasteiger partial charge in [-0.25, -0.2) is 13.1 Å². The minimum atomic E-state index is -3.60. The standard InChI is InChI=1S/C11H14ClNO4S/c1-8-2-4-9(5-3-8)18(16,17)13-7-6-10(12)11(14)15/h2-5,10,13H,6-7H2,1H3,(H,14,15). The predicted octanol–water partition coefficient (Wildman–Crippen LogP) is 1.36. The van der Waals surface area contributed by atoms with Crippen LogP contribution in [0.4, 0.5) is 0 Å². The van der Waals surface area contributed by atoms with Gasteiger partial charge in [0.25, 0.3) is 0 Å². The van der Waals surface area contributed by atoms with E-state index in [1.807, 2.05) is 6.92 Å². The van der Waals surface area contributed by atoms with Gasteiger partial charge in [0.1, 0.15) is 5.38 Å². The molecule has 0 aliphatic carbocycles. The number of benzene rings is 1. The van der Waals surface area contributed by atoms with Gasteiger partial charge in [0, 0.05) is 6.54 Å². The number of hydrogen-bond acceptors (Lipinski definition) is 3. The topological polar surface area (TPSA) is 83.5 Å². The van der Waals surface area contributed by atoms with Crippen LogP contribution in [0.2, 0.25) is 0 Å². The van der Waals surface area contributed by atoms with Crippen LogP contribution in [0.25, 0.3) is 0 Å². The maximum absolute atomic E-state index is 11.8. The molecule has 18 heavy (non-hydrogen) atoms. The van der Waals surface area contributed by atoms with Crippen molar-refractivity contribution in [2.24, 2.45) is 0 Å². The number of halogens is 1. The fraction of sp³-hybridized carbons (Fsp3) is 0.364. The first kappa shape index (κ1) is 14.9. The van der Waals surface area contributed by atoms with Crippen LogP contribution in [0.15, 0.2) is 29.2 Å². The van der Waals surface area contributed by atoms with Crippen LogP contribution in [-0.2, 0) is 14.8 Å². The van der Waals surface area contributed by atoms with E-state index in [2.05, 4.69) is 4.72 Å². The van der Waals surface area contributed by atoms with Gasteiger partial charge in [0.2, 0.25) is 10.0 Å². The number of nitrogens with one attached hydrogen (secondary N) is 1. The summed E-state index contributed by atoms with van der Waals surface area (Å²) in [5.41, 5.74) is 0.959. The molecule has 100 valence electrons. The molecule has 0 aliphatic heterocycles. The molecule has 0 aliphatic rings. The van der Waals surface area contributed by atoms with Gasteiger partial charge in [-0.3, -0.25) is 4.79 Å². The molecule has 1 aromatic carbocycles. The monoisotopic (exact) mass is 291 g/mol. The second-order valence-electron chi connectivity index (χ2n) is 3.81. The molecule has 0 heterocycles. The normalized spacial score (nSPS) is 13.2. The number of aliphatic carboxylic acids is 1. The summed E-state index contributed by atoms with van der Waals surface area (Å²) < 4.78 is 25.9. The molecule has 0 radical (unpaired) electrons. The van der Waals surface area contributed by atoms with Gasteiger partial charge < -0.3 is 5.11 Å². The molecule has 0 aromatic heterocycles. The van der Waals surface area contributed by atoms with Crippen molar-refractivity contribution in [2.45, 2.75) is 23.6 Å². The van der Waals surface area contributed by atoms with Gasteiger partial charge in [-0.05, 0) is 25.5 Å². The highest BCUT2D eigenvalue weighted by Gasteiger charge is 2.17. The van der Waals surface area contributed by atoms with Crippen LogP contribution in [0, 0.1) is 6.92 Å². The first-order valence-corrected chi connectivity index (χ1v) is 7.18. The zero-order valence-corrected chi connectivity index (χ0v) is 11.3. The number of sulfonamides is 1. The van der Waals surface area contributed by atoms with Crippen LogP contribution in [0.5, 0.6) is 0 Å². The Morgan fingerprint density at radius 2 is 1.94 bits per heavy atom. The van der Waals surface area contributed by atoms with E-state index < -0.39 is 21.4 Å². The van der Waals surface area contributed by atoms with Crippen molar-refractivity contribution >= 4 is 27.6 Å². The molecule has 1 atom stereocenters. The average molecular weight is 292 g/mol. The molecule has 0 spiro atoms. The van der Waals surface area contributed by atoms with Crippen molar-refractivity contribution in [3.63, 3.8) is 0 Å². The van der Waals surface area contributed by atoms with Gasteiger partial charge in [-0.2, -0.15) is 0 Å². The molecule has 0 fully saturated rings. The summed E-state index contributed by atoms with van der Waals surface area (Å²) in [6.07, 6.45) is 0.0297. The van der Waals surface area contributed by atoms with E-state index in [0.29, 0.717) is 0 Å². The minimum absolute atomic E-state index is 0.0172. The van der Waals surface area contributed by atoms with Crippen molar-refractivity contribution in [1.29, 1.82) is 0 Å². The molecule has 1 unspecified atom stereocenters. The maximum atomic E-state index is 11.8. The first-order valence-electron chi connectivity index (χ1n) is 5.26. The second kappa shape index (κ2) is 6.17. The van der Waals surface area contributed by atoms with Crippen molar-refractivity contribution < 1.29 is 18.3 Å². The third kappa shape index (κ3) is 4.29. The Morgan fingerprint density at radius 3 is 2.44 bits per heavy atom. The summed E-state index contributed by atoms with van der Waals surface area (Å²) in [6.45, 7) is 1.84. The summed E-state index contributed by atoms with van der Waals surface area (Å²) in [5, 5.41) is 7.46. The number of carboxylic acid groups (broad SMARTS) is 1. The lowest BCUT2D eigenvalue weighted by Gasteiger charge is -2.08. The Bertz CT molecular complexity index is 512. The lowest BCUT2D eigenvalue weighted by Crippen LogP contribution is -2.28. The summed E-state index contributed by atoms with van der Waals surface area (Å²) in [6, 6.07) is 6.37. The van der Waals surface area contributed by atoms with Crippen molar-refractivity contribution in [2.75, 3.05) is 6.54 Å². The Kier molecular flexibility index (Phi) is 5.13. The van der Waals surface area contributed by atoms with Gasteiger partial charge >= 0.3 is 5.97 Å². The number of rotatable bonds is 6. The van der Waals surface area contributed by atoms with E-state index >= 15 is 0 Å². The predicted molar refractivity (Wildman–Crippen MR) is 68.3 cm³/mol. The van der Waals surface area contributed by atoms with Crippen LogP contribution >= 0.6 is 11.6 Å². The molecule has 0 amide bonds. The van der Waals surface area contributed by atoms with Crippen molar-refractivity contribution in [1.82, 2.24) is 4.72 Å². The number of alkyl halides is 1. The highest BCUT2D eigenvalue weighted by molar-refractivity contribution is 7.89. The number of aryl methyl sites for hydroxylation is 1. The van der Waals surface area contributed by atoms with E-state index in [9.17, 15) is 13.2 Å². The fourth-order valence-corrected chi connectivity index (χ4v) is 2.40. The van der Waals surface area contributed by atoms with Crippen LogP contribution < -0.4 is 4.72 Å². The van der Waals surface area contributed by atoms with E-state index in [4.69, 9.17) is 16.7 Å². The van der Waals surface area contributed by atoms with Crippen molar-refractivity contribution in [3.05, 3.63) is 29.8 Å². The highest BCUT2D eigenvalue weighted by Crippen LogP contribution is 2.10. The zero-order chi connectivity index (χ0) is 13.8. The van der Waals surface area contributed by atoms with E-state index in [1.54, 1.807) is 12.1 Å². The van der Waals surface area contributed by atoms with E-state index in [-0.39, 0.29) is 17.9 Å². The van der Waals surface area contributed by atoms with Gasteiger partial charge in [-0.15, -0.1) is 11.6 Å². The van der Waals surface area contributed by atoms with Crippen LogP contribution in [0.3, 0.4) is 0 Å². The first-order chi connectivity index (χ1) is 8.33. The quantitative estimate of drug-likeness (QED) is 0.775. The molecule has 0 saturated heterocycles. The minimum Gasteiger partial charge on any atom is -0.480 e. The SMILES string of the molecule is Cc1ccc(S(=O)(=O)NCCC(Cl)C(=O)O)cc1. The molecular formula is C11H14ClNO4S. The van der Waals surface area contributed by atoms with E-state index in [0.717, 1.165) is 5.56 Å². The molecule has 2 N–H and O–H groups in total. The largest absolute Gasteiger partial charge is 0.480 e. The fourth-order valence-electron chi connectivity index (χ4n) is 1.24. The Balaban J connectivity index is 2.60. The summed E-state index contributed by atoms with van der Waals surface area (Å²) >= 11 is 5.48. The molecule has 1 aromatic rings. The Labute approximate surface area is 111 Å². The second-order valence-corrected chi connectivity index (χ2v) is 6.10. The van der Waals surface area contributed by atoms with Crippen LogP contribution in [0.1, 0.15) is 12.0 Å². The lowest BCUT2D eigenvalue weighted by atomic mass is 10.2. The Morgan fingerprint density at radius 1 is 1.39 bits per heavy atom. The smallest absolute Gasteiger partial charge is 0.321 e. The number of hydrogen-bond donors (Lipinski definition) is 2. The number of carboxylic acids is 1. The summed E-state index contributed by atoms with van der Waals surface area (Å²) in [5.74, 6) is -1.16. The molecule has 7 heteroatoms. The zero-order valence-electron chi connectivity index (χ0n) is 9.76. The van der Waals surface area contributed by atoms with Gasteiger partial charge in [-0.1, -0.05) is 17.7 Å². The average Bonchev–Trinajstić information content (AvgIpc) is 2.29. The third-order valence-corrected chi connectivity index (χ3v) is 4.17. The molecule has 5 nitrogen and oxygen atoms in total. The molecule has 1 rings (SSSR count). The molecule has 0 saturated carbocycles. The molecule has 0 bridgehead atoms. The maximum Gasteiger partial charge on any atom is 0.321 e. The highest BCUT2D eigenvalue weighted by atomic mass is 35.5. The number of carbonyl (C=O) groups is 1.